The molecule has 6 nitrogen and oxygen atoms in total. The maximum absolute atomic E-state index is 11.8. The Kier molecular flexibility index (Phi) is 3.81. The van der Waals surface area contributed by atoms with Crippen LogP contribution < -0.4 is 10.5 Å². The molecule has 0 aromatic carbocycles. The Morgan fingerprint density at radius 2 is 1.85 bits per heavy atom. The predicted octanol–water partition coefficient (Wildman–Crippen LogP) is 1.62. The smallest absolute Gasteiger partial charge is 0.250 e. The van der Waals surface area contributed by atoms with Gasteiger partial charge in [-0.25, -0.2) is 9.97 Å². The Hall–Kier alpha value is -2.21. The fourth-order valence-electron chi connectivity index (χ4n) is 4.54. The molecule has 2 unspecified atom stereocenters. The van der Waals surface area contributed by atoms with Crippen LogP contribution in [-0.2, 0) is 13.6 Å². The second-order valence-corrected chi connectivity index (χ2v) is 8.11. The Labute approximate surface area is 153 Å². The number of likely N-dealkylation sites (tertiary alicyclic amines) is 1. The molecular formula is C20H25N5O. The zero-order chi connectivity index (χ0) is 17.7. The standard InChI is InChI=1S/C20H25N5O/c1-23-17(3-2-4-20(23)26)12-24-8-15-10-25(11-16(15)9-24)19-7-18(14-5-6-14)21-13-22-19/h2-4,7,13-16H,5-6,8-12H2,1H3. The quantitative estimate of drug-likeness (QED) is 0.838. The molecule has 6 heteroatoms. The van der Waals surface area contributed by atoms with E-state index in [1.54, 1.807) is 17.0 Å². The molecule has 0 spiro atoms. The molecule has 3 aliphatic rings. The number of pyridine rings is 1. The molecule has 0 N–H and O–H groups in total. The van der Waals surface area contributed by atoms with Gasteiger partial charge in [0.25, 0.3) is 0 Å². The normalized spacial score (nSPS) is 25.7. The van der Waals surface area contributed by atoms with E-state index in [1.807, 2.05) is 13.1 Å². The van der Waals surface area contributed by atoms with E-state index in [0.717, 1.165) is 44.2 Å². The first-order chi connectivity index (χ1) is 12.7. The minimum absolute atomic E-state index is 0.0725. The molecule has 3 fully saturated rings. The van der Waals surface area contributed by atoms with Gasteiger partial charge in [0, 0.05) is 69.2 Å². The summed E-state index contributed by atoms with van der Waals surface area (Å²) in [7, 11) is 1.86. The topological polar surface area (TPSA) is 54.3 Å². The minimum Gasteiger partial charge on any atom is -0.356 e. The van der Waals surface area contributed by atoms with E-state index in [-0.39, 0.29) is 5.56 Å². The average molecular weight is 351 g/mol. The highest BCUT2D eigenvalue weighted by atomic mass is 16.1. The van der Waals surface area contributed by atoms with Gasteiger partial charge in [-0.05, 0) is 30.7 Å². The molecule has 4 heterocycles. The lowest BCUT2D eigenvalue weighted by atomic mass is 10.0. The highest BCUT2D eigenvalue weighted by molar-refractivity contribution is 5.42. The maximum atomic E-state index is 11.8. The van der Waals surface area contributed by atoms with Crippen molar-refractivity contribution in [2.45, 2.75) is 25.3 Å². The first-order valence-corrected chi connectivity index (χ1v) is 9.61. The van der Waals surface area contributed by atoms with Crippen LogP contribution in [0, 0.1) is 11.8 Å². The summed E-state index contributed by atoms with van der Waals surface area (Å²) < 4.78 is 1.76. The Morgan fingerprint density at radius 1 is 1.08 bits per heavy atom. The zero-order valence-electron chi connectivity index (χ0n) is 15.2. The Morgan fingerprint density at radius 3 is 2.58 bits per heavy atom. The van der Waals surface area contributed by atoms with Crippen molar-refractivity contribution in [3.8, 4) is 0 Å². The van der Waals surface area contributed by atoms with Crippen molar-refractivity contribution >= 4 is 5.82 Å². The molecule has 0 radical (unpaired) electrons. The SMILES string of the molecule is Cn1c(CN2CC3CN(c4cc(C5CC5)ncn4)CC3C2)cccc1=O. The molecule has 1 saturated carbocycles. The van der Waals surface area contributed by atoms with Crippen LogP contribution in [0.1, 0.15) is 30.1 Å². The third-order valence-corrected chi connectivity index (χ3v) is 6.23. The molecule has 0 bridgehead atoms. The van der Waals surface area contributed by atoms with Gasteiger partial charge >= 0.3 is 0 Å². The van der Waals surface area contributed by atoms with Gasteiger partial charge in [-0.3, -0.25) is 9.69 Å². The number of aromatic nitrogens is 3. The Bertz CT molecular complexity index is 861. The summed E-state index contributed by atoms with van der Waals surface area (Å²) in [4.78, 5) is 25.7. The third-order valence-electron chi connectivity index (χ3n) is 6.23. The van der Waals surface area contributed by atoms with Gasteiger partial charge in [-0.2, -0.15) is 0 Å². The van der Waals surface area contributed by atoms with Gasteiger partial charge in [0.05, 0.1) is 0 Å². The van der Waals surface area contributed by atoms with Gasteiger partial charge in [0.15, 0.2) is 0 Å². The summed E-state index contributed by atoms with van der Waals surface area (Å²) in [6, 6.07) is 7.75. The van der Waals surface area contributed by atoms with Crippen molar-refractivity contribution in [3.63, 3.8) is 0 Å². The second-order valence-electron chi connectivity index (χ2n) is 8.11. The van der Waals surface area contributed by atoms with Crippen molar-refractivity contribution in [2.24, 2.45) is 18.9 Å². The van der Waals surface area contributed by atoms with Gasteiger partial charge in [-0.15, -0.1) is 0 Å². The van der Waals surface area contributed by atoms with Crippen molar-refractivity contribution < 1.29 is 0 Å². The number of fused-ring (bicyclic) bond motifs is 1. The lowest BCUT2D eigenvalue weighted by molar-refractivity contribution is 0.300. The first kappa shape index (κ1) is 16.0. The summed E-state index contributed by atoms with van der Waals surface area (Å²) in [5.74, 6) is 3.16. The van der Waals surface area contributed by atoms with E-state index < -0.39 is 0 Å². The summed E-state index contributed by atoms with van der Waals surface area (Å²) in [6.07, 6.45) is 4.29. The van der Waals surface area contributed by atoms with Crippen LogP contribution in [0.3, 0.4) is 0 Å². The maximum Gasteiger partial charge on any atom is 0.250 e. The molecule has 26 heavy (non-hydrogen) atoms. The summed E-state index contributed by atoms with van der Waals surface area (Å²) >= 11 is 0. The summed E-state index contributed by atoms with van der Waals surface area (Å²) in [5, 5.41) is 0. The van der Waals surface area contributed by atoms with Crippen molar-refractivity contribution in [2.75, 3.05) is 31.1 Å². The van der Waals surface area contributed by atoms with E-state index >= 15 is 0 Å². The average Bonchev–Trinajstić information content (AvgIpc) is 3.32. The molecule has 5 rings (SSSR count). The summed E-state index contributed by atoms with van der Waals surface area (Å²) in [6.45, 7) is 5.22. The van der Waals surface area contributed by atoms with Crippen LogP contribution in [0.2, 0.25) is 0 Å². The van der Waals surface area contributed by atoms with Crippen LogP contribution in [0.4, 0.5) is 5.82 Å². The predicted molar refractivity (Wildman–Crippen MR) is 100 cm³/mol. The molecular weight excluding hydrogens is 326 g/mol. The number of hydrogen-bond donors (Lipinski definition) is 0. The number of anilines is 1. The van der Waals surface area contributed by atoms with Gasteiger partial charge in [0.2, 0.25) is 5.56 Å². The highest BCUT2D eigenvalue weighted by Crippen LogP contribution is 2.40. The van der Waals surface area contributed by atoms with E-state index in [0.29, 0.717) is 17.8 Å². The van der Waals surface area contributed by atoms with Crippen molar-refractivity contribution in [1.29, 1.82) is 0 Å². The van der Waals surface area contributed by atoms with Crippen LogP contribution in [0.15, 0.2) is 35.4 Å². The molecule has 136 valence electrons. The molecule has 2 aliphatic heterocycles. The van der Waals surface area contributed by atoms with E-state index in [2.05, 4.69) is 31.9 Å². The van der Waals surface area contributed by atoms with Crippen LogP contribution >= 0.6 is 0 Å². The number of hydrogen-bond acceptors (Lipinski definition) is 5. The fourth-order valence-corrected chi connectivity index (χ4v) is 4.54. The fraction of sp³-hybridized carbons (Fsp3) is 0.550. The van der Waals surface area contributed by atoms with Crippen molar-refractivity contribution in [3.05, 3.63) is 52.3 Å². The monoisotopic (exact) mass is 351 g/mol. The molecule has 2 atom stereocenters. The van der Waals surface area contributed by atoms with Crippen LogP contribution in [0.25, 0.3) is 0 Å². The lowest BCUT2D eigenvalue weighted by Gasteiger charge is -2.23. The molecule has 2 aromatic heterocycles. The summed E-state index contributed by atoms with van der Waals surface area (Å²) in [5.41, 5.74) is 2.39. The molecule has 0 amide bonds. The van der Waals surface area contributed by atoms with Gasteiger partial charge in [-0.1, -0.05) is 6.07 Å². The second kappa shape index (κ2) is 6.20. The van der Waals surface area contributed by atoms with Crippen LogP contribution in [0.5, 0.6) is 0 Å². The first-order valence-electron chi connectivity index (χ1n) is 9.61. The third kappa shape index (κ3) is 2.92. The molecule has 1 aliphatic carbocycles. The number of nitrogens with zero attached hydrogens (tertiary/aromatic N) is 5. The largest absolute Gasteiger partial charge is 0.356 e. The highest BCUT2D eigenvalue weighted by Gasteiger charge is 2.40. The van der Waals surface area contributed by atoms with Crippen LogP contribution in [-0.4, -0.2) is 45.6 Å². The molecule has 2 saturated heterocycles. The lowest BCUT2D eigenvalue weighted by Crippen LogP contribution is -2.31. The molecule has 2 aromatic rings. The van der Waals surface area contributed by atoms with Gasteiger partial charge < -0.3 is 9.47 Å². The van der Waals surface area contributed by atoms with Gasteiger partial charge in [0.1, 0.15) is 12.1 Å². The van der Waals surface area contributed by atoms with Crippen molar-refractivity contribution in [1.82, 2.24) is 19.4 Å². The van der Waals surface area contributed by atoms with E-state index in [4.69, 9.17) is 0 Å². The zero-order valence-corrected chi connectivity index (χ0v) is 15.2. The van der Waals surface area contributed by atoms with E-state index in [9.17, 15) is 4.79 Å². The minimum atomic E-state index is 0.0725. The Balaban J connectivity index is 1.24. The van der Waals surface area contributed by atoms with E-state index in [1.165, 1.54) is 18.5 Å². The number of rotatable bonds is 4.